The molecule has 0 spiro atoms. The Bertz CT molecular complexity index is 1100. The van der Waals surface area contributed by atoms with Gasteiger partial charge in [-0.2, -0.15) is 0 Å². The molecule has 8 N–H and O–H groups in total. The average Bonchev–Trinajstić information content (AvgIpc) is 2.76. The first-order valence-electron chi connectivity index (χ1n) is 10.3. The van der Waals surface area contributed by atoms with Crippen molar-refractivity contribution in [3.8, 4) is 28.7 Å². The molecule has 0 bridgehead atoms. The number of phenols is 4. The van der Waals surface area contributed by atoms with Crippen LogP contribution in [0.1, 0.15) is 18.1 Å². The van der Waals surface area contributed by atoms with Gasteiger partial charge in [0, 0.05) is 29.7 Å². The van der Waals surface area contributed by atoms with Crippen molar-refractivity contribution >= 4 is 5.97 Å². The molecule has 4 rings (SSSR count). The lowest BCUT2D eigenvalue weighted by molar-refractivity contribution is -0.316. The molecule has 0 radical (unpaired) electrons. The van der Waals surface area contributed by atoms with Crippen LogP contribution in [0.2, 0.25) is 0 Å². The van der Waals surface area contributed by atoms with Gasteiger partial charge < -0.3 is 55.1 Å². The van der Waals surface area contributed by atoms with E-state index in [2.05, 4.69) is 0 Å². The van der Waals surface area contributed by atoms with Gasteiger partial charge in [-0.05, 0) is 19.1 Å². The number of hydrogen-bond donors (Lipinski definition) is 8. The Balaban J connectivity index is 1.75. The smallest absolute Gasteiger partial charge is 0.335 e. The first-order chi connectivity index (χ1) is 15.9. The van der Waals surface area contributed by atoms with Crippen LogP contribution >= 0.6 is 0 Å². The van der Waals surface area contributed by atoms with E-state index >= 15 is 0 Å². The number of fused-ring (bicyclic) bond motifs is 1. The van der Waals surface area contributed by atoms with Gasteiger partial charge in [-0.25, -0.2) is 4.79 Å². The van der Waals surface area contributed by atoms with Crippen molar-refractivity contribution in [3.05, 3.63) is 41.5 Å². The first-order valence-corrected chi connectivity index (χ1v) is 10.3. The minimum absolute atomic E-state index is 0.0939. The van der Waals surface area contributed by atoms with Gasteiger partial charge >= 0.3 is 5.97 Å². The molecule has 7 atom stereocenters. The number of ether oxygens (including phenoxy) is 3. The molecule has 1 saturated heterocycles. The zero-order valence-electron chi connectivity index (χ0n) is 17.8. The Morgan fingerprint density at radius 2 is 1.68 bits per heavy atom. The van der Waals surface area contributed by atoms with Gasteiger partial charge in [0.05, 0.1) is 0 Å². The normalized spacial score (nSPS) is 33.1. The van der Waals surface area contributed by atoms with Crippen LogP contribution in [0, 0.1) is 0 Å². The third kappa shape index (κ3) is 3.95. The zero-order chi connectivity index (χ0) is 24.9. The number of carboxylic acids is 1. The van der Waals surface area contributed by atoms with Crippen LogP contribution in [0.4, 0.5) is 0 Å². The molecule has 2 heterocycles. The quantitative estimate of drug-likeness (QED) is 0.264. The third-order valence-corrected chi connectivity index (χ3v) is 6.16. The van der Waals surface area contributed by atoms with Crippen molar-refractivity contribution in [2.24, 2.45) is 0 Å². The highest BCUT2D eigenvalue weighted by Crippen LogP contribution is 2.47. The summed E-state index contributed by atoms with van der Waals surface area (Å²) in [5, 5.41) is 79.7. The van der Waals surface area contributed by atoms with Gasteiger partial charge in [-0.15, -0.1) is 0 Å². The minimum Gasteiger partial charge on any atom is -0.508 e. The zero-order valence-corrected chi connectivity index (χ0v) is 17.8. The van der Waals surface area contributed by atoms with Gasteiger partial charge in [-0.1, -0.05) is 6.07 Å². The van der Waals surface area contributed by atoms with Crippen LogP contribution in [-0.4, -0.2) is 83.6 Å². The number of benzene rings is 2. The standard InChI is InChI=1S/C22H24O12/c1-22(8-2-3-11(24)13(26)4-8)15(7-10-12(25)5-9(23)6-14(10)34-22)32-21-18(29)16(27)17(28)19(33-21)20(30)31/h2-6,15-19,21,23-29H,7H2,1H3,(H,30,31)/t15?,16-,17-,18+,19-,21?,22?/m0/s1. The van der Waals surface area contributed by atoms with Crippen molar-refractivity contribution in [3.63, 3.8) is 0 Å². The van der Waals surface area contributed by atoms with E-state index in [1.54, 1.807) is 0 Å². The summed E-state index contributed by atoms with van der Waals surface area (Å²) in [6, 6.07) is 6.18. The highest BCUT2D eigenvalue weighted by atomic mass is 16.7. The van der Waals surface area contributed by atoms with Crippen LogP contribution in [0.3, 0.4) is 0 Å². The molecular formula is C22H24O12. The lowest BCUT2D eigenvalue weighted by Gasteiger charge is -2.46. The first kappa shape index (κ1) is 23.9. The van der Waals surface area contributed by atoms with Crippen molar-refractivity contribution in [1.29, 1.82) is 0 Å². The Morgan fingerprint density at radius 1 is 0.971 bits per heavy atom. The summed E-state index contributed by atoms with van der Waals surface area (Å²) in [5.41, 5.74) is -0.993. The summed E-state index contributed by atoms with van der Waals surface area (Å²) in [6.07, 6.45) is -10.5. The largest absolute Gasteiger partial charge is 0.508 e. The average molecular weight is 480 g/mol. The van der Waals surface area contributed by atoms with Gasteiger partial charge in [0.25, 0.3) is 0 Å². The van der Waals surface area contributed by atoms with Crippen molar-refractivity contribution < 1.29 is 59.9 Å². The lowest BCUT2D eigenvalue weighted by Crippen LogP contribution is -2.62. The number of carbonyl (C=O) groups is 1. The van der Waals surface area contributed by atoms with Crippen molar-refractivity contribution in [1.82, 2.24) is 0 Å². The van der Waals surface area contributed by atoms with E-state index in [0.717, 1.165) is 6.07 Å². The fourth-order valence-corrected chi connectivity index (χ4v) is 4.17. The number of aromatic hydroxyl groups is 4. The molecule has 2 aromatic carbocycles. The summed E-state index contributed by atoms with van der Waals surface area (Å²) >= 11 is 0. The topological polar surface area (TPSA) is 207 Å². The number of phenolic OH excluding ortho intramolecular Hbond substituents is 4. The molecule has 184 valence electrons. The van der Waals surface area contributed by atoms with Crippen molar-refractivity contribution in [2.45, 2.75) is 55.8 Å². The van der Waals surface area contributed by atoms with Crippen LogP contribution in [0.15, 0.2) is 30.3 Å². The number of rotatable bonds is 4. The van der Waals surface area contributed by atoms with Crippen LogP contribution < -0.4 is 4.74 Å². The van der Waals surface area contributed by atoms with Crippen LogP contribution in [-0.2, 0) is 26.3 Å². The third-order valence-electron chi connectivity index (χ3n) is 6.16. The monoisotopic (exact) mass is 480 g/mol. The number of aliphatic hydroxyl groups excluding tert-OH is 3. The maximum atomic E-state index is 11.4. The molecule has 1 fully saturated rings. The summed E-state index contributed by atoms with van der Waals surface area (Å²) in [7, 11) is 0. The van der Waals surface area contributed by atoms with E-state index in [-0.39, 0.29) is 34.8 Å². The molecule has 34 heavy (non-hydrogen) atoms. The molecular weight excluding hydrogens is 456 g/mol. The number of hydrogen-bond acceptors (Lipinski definition) is 11. The second kappa shape index (κ2) is 8.49. The SMILES string of the molecule is CC1(c2ccc(O)c(O)c2)Oc2cc(O)cc(O)c2CC1OC1O[C@H](C(=O)O)[C@@H](O)[C@H](O)[C@H]1O. The van der Waals surface area contributed by atoms with E-state index in [1.165, 1.54) is 31.2 Å². The predicted molar refractivity (Wildman–Crippen MR) is 110 cm³/mol. The lowest BCUT2D eigenvalue weighted by atomic mass is 9.83. The summed E-state index contributed by atoms with van der Waals surface area (Å²) in [6.45, 7) is 1.53. The Hall–Kier alpha value is -3.29. The highest BCUT2D eigenvalue weighted by Gasteiger charge is 2.52. The van der Waals surface area contributed by atoms with Crippen molar-refractivity contribution in [2.75, 3.05) is 0 Å². The van der Waals surface area contributed by atoms with E-state index in [9.17, 15) is 45.6 Å². The molecule has 2 aliphatic rings. The number of aliphatic hydroxyl groups is 3. The Labute approximate surface area is 192 Å². The summed E-state index contributed by atoms with van der Waals surface area (Å²) in [4.78, 5) is 11.4. The molecule has 2 aromatic rings. The van der Waals surface area contributed by atoms with E-state index < -0.39 is 59.9 Å². The van der Waals surface area contributed by atoms with Crippen LogP contribution in [0.25, 0.3) is 0 Å². The van der Waals surface area contributed by atoms with E-state index in [4.69, 9.17) is 14.2 Å². The van der Waals surface area contributed by atoms with Crippen LogP contribution in [0.5, 0.6) is 28.7 Å². The number of carboxylic acid groups (broad SMARTS) is 1. The fourth-order valence-electron chi connectivity index (χ4n) is 4.17. The van der Waals surface area contributed by atoms with Gasteiger partial charge in [0.15, 0.2) is 29.5 Å². The minimum atomic E-state index is -1.91. The molecule has 12 heteroatoms. The maximum Gasteiger partial charge on any atom is 0.335 e. The van der Waals surface area contributed by atoms with E-state index in [0.29, 0.717) is 0 Å². The highest BCUT2D eigenvalue weighted by molar-refractivity contribution is 5.73. The second-order valence-electron chi connectivity index (χ2n) is 8.42. The molecule has 0 aliphatic carbocycles. The second-order valence-corrected chi connectivity index (χ2v) is 8.42. The molecule has 0 saturated carbocycles. The number of aliphatic carboxylic acids is 1. The Kier molecular flexibility index (Phi) is 5.96. The maximum absolute atomic E-state index is 11.4. The van der Waals surface area contributed by atoms with Gasteiger partial charge in [0.2, 0.25) is 0 Å². The molecule has 2 aliphatic heterocycles. The molecule has 0 amide bonds. The van der Waals surface area contributed by atoms with Gasteiger partial charge in [-0.3, -0.25) is 0 Å². The molecule has 3 unspecified atom stereocenters. The fraction of sp³-hybridized carbons (Fsp3) is 0.409. The summed E-state index contributed by atoms with van der Waals surface area (Å²) < 4.78 is 17.2. The molecule has 12 nitrogen and oxygen atoms in total. The Morgan fingerprint density at radius 3 is 2.32 bits per heavy atom. The van der Waals surface area contributed by atoms with Gasteiger partial charge in [0.1, 0.15) is 41.7 Å². The predicted octanol–water partition coefficient (Wildman–Crippen LogP) is -0.363. The summed E-state index contributed by atoms with van der Waals surface area (Å²) in [5.74, 6) is -2.96. The molecule has 0 aromatic heterocycles. The van der Waals surface area contributed by atoms with E-state index in [1.807, 2.05) is 0 Å².